The molecule has 2 fully saturated rings. The van der Waals surface area contributed by atoms with Crippen molar-refractivity contribution in [3.8, 4) is 11.5 Å². The molecule has 0 spiro atoms. The van der Waals surface area contributed by atoms with Gasteiger partial charge in [0.15, 0.2) is 5.17 Å². The summed E-state index contributed by atoms with van der Waals surface area (Å²) in [6.45, 7) is 0. The number of carbonyl (C=O) groups is 2. The first-order chi connectivity index (χ1) is 14.2. The van der Waals surface area contributed by atoms with Crippen molar-refractivity contribution in [1.29, 1.82) is 0 Å². The third-order valence-electron chi connectivity index (χ3n) is 4.89. The number of thioether (sulfide) groups is 1. The maximum Gasteiger partial charge on any atom is 0.240 e. The van der Waals surface area contributed by atoms with Gasteiger partial charge in [-0.25, -0.2) is 0 Å². The number of hydrogen-bond acceptors (Lipinski definition) is 5. The summed E-state index contributed by atoms with van der Waals surface area (Å²) in [6.07, 6.45) is 4.66. The lowest BCUT2D eigenvalue weighted by atomic mass is 10.2. The smallest absolute Gasteiger partial charge is 0.240 e. The van der Waals surface area contributed by atoms with E-state index in [2.05, 4.69) is 15.6 Å². The number of rotatable bonds is 6. The lowest BCUT2D eigenvalue weighted by Gasteiger charge is -2.09. The van der Waals surface area contributed by atoms with Gasteiger partial charge in [0.2, 0.25) is 11.8 Å². The van der Waals surface area contributed by atoms with Crippen molar-refractivity contribution in [2.24, 2.45) is 4.99 Å². The Kier molecular flexibility index (Phi) is 6.14. The van der Waals surface area contributed by atoms with Crippen molar-refractivity contribution >= 4 is 34.4 Å². The molecule has 1 aliphatic heterocycles. The molecule has 6 nitrogen and oxygen atoms in total. The van der Waals surface area contributed by atoms with Crippen LogP contribution in [0.2, 0.25) is 0 Å². The molecule has 2 aliphatic rings. The molecular formula is C22H23N3O3S. The van der Waals surface area contributed by atoms with E-state index in [1.54, 1.807) is 24.3 Å². The molecule has 4 rings (SSSR count). The fourth-order valence-corrected chi connectivity index (χ4v) is 4.45. The third kappa shape index (κ3) is 5.38. The normalized spacial score (nSPS) is 20.6. The highest BCUT2D eigenvalue weighted by molar-refractivity contribution is 8.15. The van der Waals surface area contributed by atoms with Gasteiger partial charge in [0.05, 0.1) is 6.04 Å². The van der Waals surface area contributed by atoms with Gasteiger partial charge in [0.25, 0.3) is 0 Å². The number of benzene rings is 2. The fraction of sp³-hybridized carbons (Fsp3) is 0.318. The summed E-state index contributed by atoms with van der Waals surface area (Å²) >= 11 is 1.36. The number of hydrogen-bond donors (Lipinski definition) is 2. The SMILES string of the molecule is O=C(C[C@H]1SC(=NC2CCCC2)NC1=O)Nc1ccc(Oc2ccccc2)cc1. The highest BCUT2D eigenvalue weighted by atomic mass is 32.2. The number of aliphatic imine (C=N–C) groups is 1. The summed E-state index contributed by atoms with van der Waals surface area (Å²) in [5, 5.41) is 5.87. The van der Waals surface area contributed by atoms with Crippen LogP contribution in [0.3, 0.4) is 0 Å². The maximum atomic E-state index is 12.4. The molecule has 1 atom stereocenters. The molecule has 1 heterocycles. The van der Waals surface area contributed by atoms with Gasteiger partial charge in [-0.2, -0.15) is 0 Å². The van der Waals surface area contributed by atoms with Gasteiger partial charge in [-0.1, -0.05) is 42.8 Å². The number of amides is 2. The van der Waals surface area contributed by atoms with E-state index in [1.165, 1.54) is 24.6 Å². The number of ether oxygens (including phenoxy) is 1. The van der Waals surface area contributed by atoms with Crippen molar-refractivity contribution in [2.45, 2.75) is 43.4 Å². The van der Waals surface area contributed by atoms with Crippen LogP contribution in [0.25, 0.3) is 0 Å². The molecule has 1 saturated heterocycles. The quantitative estimate of drug-likeness (QED) is 0.744. The molecule has 2 aromatic rings. The summed E-state index contributed by atoms with van der Waals surface area (Å²) < 4.78 is 5.74. The second-order valence-corrected chi connectivity index (χ2v) is 8.35. The van der Waals surface area contributed by atoms with Gasteiger partial charge < -0.3 is 15.4 Å². The standard InChI is InChI=1S/C22H23N3O3S/c26-20(14-19-21(27)25-22(29-19)24-15-6-4-5-7-15)23-16-10-12-18(13-11-16)28-17-8-2-1-3-9-17/h1-3,8-13,15,19H,4-7,14H2,(H,23,26)(H,24,25,27)/t19-/m1/s1. The molecule has 1 saturated carbocycles. The van der Waals surface area contributed by atoms with E-state index in [0.29, 0.717) is 22.6 Å². The van der Waals surface area contributed by atoms with Crippen molar-refractivity contribution in [2.75, 3.05) is 5.32 Å². The minimum absolute atomic E-state index is 0.114. The van der Waals surface area contributed by atoms with Crippen LogP contribution in [0.15, 0.2) is 59.6 Å². The molecule has 2 aromatic carbocycles. The van der Waals surface area contributed by atoms with Crippen molar-refractivity contribution < 1.29 is 14.3 Å². The molecular weight excluding hydrogens is 386 g/mol. The monoisotopic (exact) mass is 409 g/mol. The van der Waals surface area contributed by atoms with Crippen LogP contribution in [0, 0.1) is 0 Å². The van der Waals surface area contributed by atoms with Gasteiger partial charge in [0, 0.05) is 12.1 Å². The van der Waals surface area contributed by atoms with Crippen molar-refractivity contribution in [3.05, 3.63) is 54.6 Å². The van der Waals surface area contributed by atoms with Crippen LogP contribution in [0.1, 0.15) is 32.1 Å². The second-order valence-electron chi connectivity index (χ2n) is 7.16. The number of anilines is 1. The van der Waals surface area contributed by atoms with Crippen LogP contribution in [0.4, 0.5) is 5.69 Å². The first-order valence-electron chi connectivity index (χ1n) is 9.84. The molecule has 0 aromatic heterocycles. The lowest BCUT2D eigenvalue weighted by Crippen LogP contribution is -2.28. The number of amidine groups is 1. The topological polar surface area (TPSA) is 79.8 Å². The summed E-state index contributed by atoms with van der Waals surface area (Å²) in [6, 6.07) is 17.0. The molecule has 2 amide bonds. The van der Waals surface area contributed by atoms with E-state index in [-0.39, 0.29) is 18.2 Å². The second kappa shape index (κ2) is 9.13. The van der Waals surface area contributed by atoms with E-state index in [4.69, 9.17) is 4.74 Å². The Morgan fingerprint density at radius 2 is 1.76 bits per heavy atom. The van der Waals surface area contributed by atoms with E-state index >= 15 is 0 Å². The predicted octanol–water partition coefficient (Wildman–Crippen LogP) is 4.34. The van der Waals surface area contributed by atoms with E-state index in [9.17, 15) is 9.59 Å². The molecule has 29 heavy (non-hydrogen) atoms. The number of nitrogens with zero attached hydrogens (tertiary/aromatic N) is 1. The minimum Gasteiger partial charge on any atom is -0.457 e. The van der Waals surface area contributed by atoms with E-state index in [1.807, 2.05) is 30.3 Å². The van der Waals surface area contributed by atoms with Crippen LogP contribution in [-0.2, 0) is 9.59 Å². The molecule has 2 N–H and O–H groups in total. The summed E-state index contributed by atoms with van der Waals surface area (Å²) in [4.78, 5) is 29.1. The molecule has 150 valence electrons. The first-order valence-corrected chi connectivity index (χ1v) is 10.7. The number of para-hydroxylation sites is 1. The highest BCUT2D eigenvalue weighted by Gasteiger charge is 2.32. The van der Waals surface area contributed by atoms with Crippen LogP contribution in [0.5, 0.6) is 11.5 Å². The average molecular weight is 410 g/mol. The zero-order chi connectivity index (χ0) is 20.1. The Balaban J connectivity index is 1.28. The minimum atomic E-state index is -0.434. The number of nitrogens with one attached hydrogen (secondary N) is 2. The summed E-state index contributed by atoms with van der Waals surface area (Å²) in [5.74, 6) is 1.10. The Morgan fingerprint density at radius 3 is 2.48 bits per heavy atom. The van der Waals surface area contributed by atoms with E-state index in [0.717, 1.165) is 18.6 Å². The van der Waals surface area contributed by atoms with Gasteiger partial charge >= 0.3 is 0 Å². The average Bonchev–Trinajstić information content (AvgIpc) is 3.34. The van der Waals surface area contributed by atoms with Gasteiger partial charge in [-0.3, -0.25) is 14.6 Å². The first kappa shape index (κ1) is 19.5. The van der Waals surface area contributed by atoms with Gasteiger partial charge in [0.1, 0.15) is 16.7 Å². The molecule has 0 unspecified atom stereocenters. The van der Waals surface area contributed by atoms with Crippen LogP contribution >= 0.6 is 11.8 Å². The zero-order valence-electron chi connectivity index (χ0n) is 16.0. The summed E-state index contributed by atoms with van der Waals surface area (Å²) in [7, 11) is 0. The maximum absolute atomic E-state index is 12.4. The van der Waals surface area contributed by atoms with Crippen molar-refractivity contribution in [1.82, 2.24) is 5.32 Å². The molecule has 1 aliphatic carbocycles. The highest BCUT2D eigenvalue weighted by Crippen LogP contribution is 2.27. The Hall–Kier alpha value is -2.80. The van der Waals surface area contributed by atoms with Gasteiger partial charge in [-0.15, -0.1) is 0 Å². The lowest BCUT2D eigenvalue weighted by molar-refractivity contribution is -0.122. The zero-order valence-corrected chi connectivity index (χ0v) is 16.8. The molecule has 0 radical (unpaired) electrons. The Morgan fingerprint density at radius 1 is 1.07 bits per heavy atom. The van der Waals surface area contributed by atoms with Crippen LogP contribution in [-0.4, -0.2) is 28.3 Å². The summed E-state index contributed by atoms with van der Waals surface area (Å²) in [5.41, 5.74) is 0.665. The van der Waals surface area contributed by atoms with E-state index < -0.39 is 5.25 Å². The Bertz CT molecular complexity index is 893. The molecule has 7 heteroatoms. The molecule has 0 bridgehead atoms. The van der Waals surface area contributed by atoms with Crippen molar-refractivity contribution in [3.63, 3.8) is 0 Å². The predicted molar refractivity (Wildman–Crippen MR) is 115 cm³/mol. The number of carbonyl (C=O) groups excluding carboxylic acids is 2. The third-order valence-corrected chi connectivity index (χ3v) is 5.98. The largest absolute Gasteiger partial charge is 0.457 e. The van der Waals surface area contributed by atoms with Gasteiger partial charge in [-0.05, 0) is 49.2 Å². The van der Waals surface area contributed by atoms with Crippen LogP contribution < -0.4 is 15.4 Å². The Labute approximate surface area is 174 Å². The fourth-order valence-electron chi connectivity index (χ4n) is 3.41.